The molecule has 0 aromatic carbocycles. The average molecular weight is 515 g/mol. The van der Waals surface area contributed by atoms with Gasteiger partial charge in [-0.15, -0.1) is 0 Å². The first-order valence-corrected chi connectivity index (χ1v) is 11.9. The maximum absolute atomic E-state index is 12.3. The Labute approximate surface area is 184 Å². The van der Waals surface area contributed by atoms with Crippen molar-refractivity contribution in [2.45, 2.75) is 37.4 Å². The average Bonchev–Trinajstić information content (AvgIpc) is 2.97. The Morgan fingerprint density at radius 3 is 2.52 bits per heavy atom. The monoisotopic (exact) mass is 515 g/mol. The zero-order chi connectivity index (χ0) is 25.0. The summed E-state index contributed by atoms with van der Waals surface area (Å²) in [5, 5.41) is 22.4. The second-order valence-corrected chi connectivity index (χ2v) is 9.21. The number of nitrogens with one attached hydrogen (secondary N) is 1. The number of hydrogen-bond acceptors (Lipinski definition) is 14. The Morgan fingerprint density at radius 2 is 1.94 bits per heavy atom. The van der Waals surface area contributed by atoms with Crippen LogP contribution in [0.25, 0.3) is 0 Å². The number of rotatable bonds is 10. The second kappa shape index (κ2) is 10.9. The fraction of sp³-hybridized carbons (Fsp3) is 0.571. The van der Waals surface area contributed by atoms with E-state index in [-0.39, 0.29) is 18.7 Å². The summed E-state index contributed by atoms with van der Waals surface area (Å²) in [6.45, 7) is -1.04. The number of ether oxygens (including phenoxy) is 2. The van der Waals surface area contributed by atoms with E-state index in [9.17, 15) is 43.5 Å². The minimum atomic E-state index is -5.68. The normalized spacial score (nSPS) is 26.2. The van der Waals surface area contributed by atoms with Crippen molar-refractivity contribution in [2.75, 3.05) is 19.0 Å². The highest BCUT2D eigenvalue weighted by molar-refractivity contribution is 7.59. The molecule has 1 aliphatic heterocycles. The Kier molecular flexibility index (Phi) is 9.01. The zero-order valence-corrected chi connectivity index (χ0v) is 18.5. The van der Waals surface area contributed by atoms with Crippen LogP contribution in [0.3, 0.4) is 0 Å². The van der Waals surface area contributed by atoms with Gasteiger partial charge < -0.3 is 44.2 Å². The van der Waals surface area contributed by atoms with E-state index in [1.54, 1.807) is 0 Å². The van der Waals surface area contributed by atoms with Gasteiger partial charge in [0.15, 0.2) is 6.23 Å². The van der Waals surface area contributed by atoms with Crippen LogP contribution >= 0.6 is 15.6 Å². The lowest BCUT2D eigenvalue weighted by Gasteiger charge is -2.28. The van der Waals surface area contributed by atoms with E-state index in [0.29, 0.717) is 0 Å². The number of esters is 1. The summed E-state index contributed by atoms with van der Waals surface area (Å²) in [5.41, 5.74) is -1.04. The van der Waals surface area contributed by atoms with Gasteiger partial charge in [-0.3, -0.25) is 23.3 Å². The smallest absolute Gasteiger partial charge is 0.351 e. The fourth-order valence-electron chi connectivity index (χ4n) is 2.61. The summed E-state index contributed by atoms with van der Waals surface area (Å²) in [6.07, 6.45) is -6.06. The van der Waals surface area contributed by atoms with Crippen LogP contribution in [0.1, 0.15) is 19.1 Å². The summed E-state index contributed by atoms with van der Waals surface area (Å²) < 4.78 is 39.8. The lowest BCUT2D eigenvalue weighted by Crippen LogP contribution is -2.36. The van der Waals surface area contributed by atoms with Crippen molar-refractivity contribution >= 4 is 33.3 Å². The molecule has 0 spiro atoms. The molecule has 0 saturated carbocycles. The standard InChI is InChI=1S/C14H21N3O14P2/c1-28-10(19)3-2-9(18)15-8-4-5-17(14(22)16-8)13-12(21)11(20)7(30-13)6-29-33(26,27)31-32(23,24)25/h4-5,7,11-13,20-21H,2-3,6H2,1H3,(H,26,27)(H2,23,24,25)(H,15,16,18,22)/p-2/t7-,11+,12?,13-/m1/s1. The van der Waals surface area contributed by atoms with Crippen LogP contribution in [-0.4, -0.2) is 68.6 Å². The highest BCUT2D eigenvalue weighted by atomic mass is 31.3. The van der Waals surface area contributed by atoms with E-state index < -0.39 is 64.4 Å². The zero-order valence-electron chi connectivity index (χ0n) is 16.7. The van der Waals surface area contributed by atoms with Crippen molar-refractivity contribution in [1.82, 2.24) is 9.55 Å². The van der Waals surface area contributed by atoms with Crippen LogP contribution < -0.4 is 20.8 Å². The minimum Gasteiger partial charge on any atom is -0.756 e. The quantitative estimate of drug-likeness (QED) is 0.176. The predicted molar refractivity (Wildman–Crippen MR) is 98.8 cm³/mol. The molecule has 33 heavy (non-hydrogen) atoms. The summed E-state index contributed by atoms with van der Waals surface area (Å²) in [5.74, 6) is -1.43. The van der Waals surface area contributed by atoms with Gasteiger partial charge in [-0.1, -0.05) is 0 Å². The number of phosphoric ester groups is 1. The lowest BCUT2D eigenvalue weighted by atomic mass is 10.1. The second-order valence-electron chi connectivity index (χ2n) is 6.47. The van der Waals surface area contributed by atoms with Gasteiger partial charge >= 0.3 is 11.7 Å². The molecule has 4 N–H and O–H groups in total. The molecule has 1 saturated heterocycles. The van der Waals surface area contributed by atoms with Crippen LogP contribution in [0.2, 0.25) is 0 Å². The molecule has 3 unspecified atom stereocenters. The fourth-order valence-corrected chi connectivity index (χ4v) is 4.14. The molecule has 1 aliphatic rings. The number of phosphoric acid groups is 2. The Hall–Kier alpha value is -2.04. The van der Waals surface area contributed by atoms with Crippen LogP contribution in [0.4, 0.5) is 5.82 Å². The van der Waals surface area contributed by atoms with Gasteiger partial charge in [0.1, 0.15) is 24.1 Å². The first-order valence-electron chi connectivity index (χ1n) is 8.90. The van der Waals surface area contributed by atoms with Crippen molar-refractivity contribution in [3.63, 3.8) is 0 Å². The number of hydrogen-bond donors (Lipinski definition) is 4. The number of carbonyl (C=O) groups excluding carboxylic acids is 2. The summed E-state index contributed by atoms with van der Waals surface area (Å²) >= 11 is 0. The first-order chi connectivity index (χ1) is 15.2. The maximum atomic E-state index is 12.3. The van der Waals surface area contributed by atoms with E-state index in [1.807, 2.05) is 0 Å². The number of aliphatic hydroxyl groups excluding tert-OH is 2. The molecule has 6 atom stereocenters. The highest BCUT2D eigenvalue weighted by Crippen LogP contribution is 2.52. The number of methoxy groups -OCH3 is 1. The minimum absolute atomic E-state index is 0.186. The van der Waals surface area contributed by atoms with E-state index in [4.69, 9.17) is 9.63 Å². The van der Waals surface area contributed by atoms with Gasteiger partial charge in [0.2, 0.25) is 5.91 Å². The molecule has 1 aromatic heterocycles. The van der Waals surface area contributed by atoms with Gasteiger partial charge in [0, 0.05) is 12.6 Å². The van der Waals surface area contributed by atoms with Crippen LogP contribution in [-0.2, 0) is 37.0 Å². The molecule has 2 heterocycles. The number of aliphatic hydroxyl groups is 2. The first kappa shape index (κ1) is 27.2. The maximum Gasteiger partial charge on any atom is 0.351 e. The summed E-state index contributed by atoms with van der Waals surface area (Å²) in [4.78, 5) is 68.9. The predicted octanol–water partition coefficient (Wildman–Crippen LogP) is -3.28. The van der Waals surface area contributed by atoms with E-state index in [0.717, 1.165) is 23.9 Å². The van der Waals surface area contributed by atoms with Crippen molar-refractivity contribution in [1.29, 1.82) is 0 Å². The van der Waals surface area contributed by atoms with Crippen molar-refractivity contribution < 1.29 is 61.9 Å². The molecule has 1 fully saturated rings. The lowest BCUT2D eigenvalue weighted by molar-refractivity contribution is -0.242. The number of amides is 1. The van der Waals surface area contributed by atoms with Gasteiger partial charge in [-0.25, -0.2) is 9.11 Å². The van der Waals surface area contributed by atoms with Gasteiger partial charge in [-0.05, 0) is 6.07 Å². The molecule has 0 bridgehead atoms. The summed E-state index contributed by atoms with van der Waals surface area (Å²) in [7, 11) is -10.1. The molecule has 1 amide bonds. The van der Waals surface area contributed by atoms with Crippen molar-refractivity contribution in [3.05, 3.63) is 22.7 Å². The molecule has 186 valence electrons. The number of anilines is 1. The number of carbonyl (C=O) groups is 2. The van der Waals surface area contributed by atoms with E-state index in [1.165, 1.54) is 0 Å². The third kappa shape index (κ3) is 8.04. The molecule has 2 rings (SSSR count). The molecule has 0 radical (unpaired) electrons. The Morgan fingerprint density at radius 1 is 1.27 bits per heavy atom. The Balaban J connectivity index is 2.03. The summed E-state index contributed by atoms with van der Waals surface area (Å²) in [6, 6.07) is 1.15. The highest BCUT2D eigenvalue weighted by Gasteiger charge is 2.44. The van der Waals surface area contributed by atoms with Gasteiger partial charge in [-0.2, -0.15) is 4.98 Å². The van der Waals surface area contributed by atoms with Crippen molar-refractivity contribution in [3.8, 4) is 0 Å². The molecule has 0 aliphatic carbocycles. The number of nitrogens with zero attached hydrogens (tertiary/aromatic N) is 2. The van der Waals surface area contributed by atoms with Crippen LogP contribution in [0.5, 0.6) is 0 Å². The van der Waals surface area contributed by atoms with Crippen LogP contribution in [0, 0.1) is 0 Å². The molecule has 19 heteroatoms. The topological polar surface area (TPSA) is 259 Å². The van der Waals surface area contributed by atoms with Crippen LogP contribution in [0.15, 0.2) is 17.1 Å². The largest absolute Gasteiger partial charge is 0.756 e. The Bertz CT molecular complexity index is 1020. The molecular weight excluding hydrogens is 496 g/mol. The van der Waals surface area contributed by atoms with E-state index in [2.05, 4.69) is 23.9 Å². The van der Waals surface area contributed by atoms with Gasteiger partial charge in [0.05, 0.1) is 20.1 Å². The molecule has 17 nitrogen and oxygen atoms in total. The molecular formula is C14H19N3O14P2-2. The SMILES string of the molecule is COC(=O)CCC(=O)Nc1ccn([C@@H]2O[C@H](COP(=O)([O-])OP(=O)([O-])O)[C@H](O)C2O)c(=O)n1. The third-order valence-electron chi connectivity index (χ3n) is 4.09. The third-order valence-corrected chi connectivity index (χ3v) is 6.18. The number of aromatic nitrogens is 2. The van der Waals surface area contributed by atoms with Gasteiger partial charge in [0.25, 0.3) is 15.6 Å². The molecule has 1 aromatic rings. The van der Waals surface area contributed by atoms with Crippen molar-refractivity contribution in [2.24, 2.45) is 0 Å². The van der Waals surface area contributed by atoms with E-state index >= 15 is 0 Å².